The average Bonchev–Trinajstić information content (AvgIpc) is 2.61. The minimum absolute atomic E-state index is 0.705. The van der Waals surface area contributed by atoms with E-state index in [1.54, 1.807) is 11.8 Å². The van der Waals surface area contributed by atoms with Crippen molar-refractivity contribution in [1.29, 1.82) is 0 Å². The lowest BCUT2D eigenvalue weighted by Crippen LogP contribution is -2.01. The molecule has 0 aliphatic carbocycles. The van der Waals surface area contributed by atoms with Gasteiger partial charge in [-0.1, -0.05) is 0 Å². The normalized spacial score (nSPS) is 11.0. The molecule has 0 bridgehead atoms. The van der Waals surface area contributed by atoms with Crippen molar-refractivity contribution in [3.05, 3.63) is 30.0 Å². The minimum Gasteiger partial charge on any atom is -0.361 e. The molecule has 3 N–H and O–H groups in total. The van der Waals surface area contributed by atoms with E-state index >= 15 is 0 Å². The van der Waals surface area contributed by atoms with Crippen LogP contribution in [0, 0.1) is 0 Å². The quantitative estimate of drug-likeness (QED) is 0.757. The van der Waals surface area contributed by atoms with E-state index in [0.717, 1.165) is 6.42 Å². The standard InChI is InChI=1S/C11H14N2S/c1-14-9-2-3-11-10(6-9)8(4-5-12)7-13-11/h2-3,6-7,13H,4-5,12H2,1H3. The summed E-state index contributed by atoms with van der Waals surface area (Å²) in [5, 5.41) is 1.31. The molecule has 0 saturated heterocycles. The second-order valence-electron chi connectivity index (χ2n) is 3.26. The molecule has 0 fully saturated rings. The largest absolute Gasteiger partial charge is 0.361 e. The van der Waals surface area contributed by atoms with Gasteiger partial charge in [0.2, 0.25) is 0 Å². The van der Waals surface area contributed by atoms with Crippen molar-refractivity contribution in [3.8, 4) is 0 Å². The third kappa shape index (κ3) is 1.65. The number of H-pyrrole nitrogens is 1. The third-order valence-electron chi connectivity index (χ3n) is 2.39. The van der Waals surface area contributed by atoms with Crippen molar-refractivity contribution in [2.75, 3.05) is 12.8 Å². The lowest BCUT2D eigenvalue weighted by Gasteiger charge is -1.98. The van der Waals surface area contributed by atoms with E-state index in [4.69, 9.17) is 5.73 Å². The zero-order chi connectivity index (χ0) is 9.97. The zero-order valence-corrected chi connectivity index (χ0v) is 9.03. The molecule has 14 heavy (non-hydrogen) atoms. The van der Waals surface area contributed by atoms with E-state index in [1.165, 1.54) is 21.4 Å². The van der Waals surface area contributed by atoms with Gasteiger partial charge in [-0.25, -0.2) is 0 Å². The number of hydrogen-bond acceptors (Lipinski definition) is 2. The van der Waals surface area contributed by atoms with E-state index < -0.39 is 0 Å². The van der Waals surface area contributed by atoms with Gasteiger partial charge in [0.15, 0.2) is 0 Å². The molecule has 0 spiro atoms. The minimum atomic E-state index is 0.705. The summed E-state index contributed by atoms with van der Waals surface area (Å²) in [5.41, 5.74) is 8.08. The first-order valence-electron chi connectivity index (χ1n) is 4.69. The first kappa shape index (κ1) is 9.62. The number of nitrogens with one attached hydrogen (secondary N) is 1. The Hall–Kier alpha value is -0.930. The number of nitrogens with two attached hydrogens (primary N) is 1. The van der Waals surface area contributed by atoms with E-state index in [1.807, 2.05) is 0 Å². The van der Waals surface area contributed by atoms with Crippen LogP contribution in [0.25, 0.3) is 10.9 Å². The Morgan fingerprint density at radius 2 is 2.29 bits per heavy atom. The molecular formula is C11H14N2S. The maximum Gasteiger partial charge on any atom is 0.0457 e. The summed E-state index contributed by atoms with van der Waals surface area (Å²) >= 11 is 1.77. The fourth-order valence-corrected chi connectivity index (χ4v) is 2.09. The number of aromatic amines is 1. The molecular weight excluding hydrogens is 192 g/mol. The van der Waals surface area contributed by atoms with Gasteiger partial charge in [0.25, 0.3) is 0 Å². The molecule has 0 aliphatic rings. The second-order valence-corrected chi connectivity index (χ2v) is 4.14. The maximum atomic E-state index is 5.56. The molecule has 0 atom stereocenters. The molecule has 2 rings (SSSR count). The van der Waals surface area contributed by atoms with E-state index in [-0.39, 0.29) is 0 Å². The van der Waals surface area contributed by atoms with Crippen molar-refractivity contribution < 1.29 is 0 Å². The molecule has 2 nitrogen and oxygen atoms in total. The van der Waals surface area contributed by atoms with Crippen LogP contribution in [0.5, 0.6) is 0 Å². The van der Waals surface area contributed by atoms with Gasteiger partial charge in [0.05, 0.1) is 0 Å². The Morgan fingerprint density at radius 3 is 3.00 bits per heavy atom. The molecule has 74 valence electrons. The lowest BCUT2D eigenvalue weighted by atomic mass is 10.1. The maximum absolute atomic E-state index is 5.56. The smallest absolute Gasteiger partial charge is 0.0457 e. The number of thioether (sulfide) groups is 1. The predicted molar refractivity (Wildman–Crippen MR) is 62.8 cm³/mol. The lowest BCUT2D eigenvalue weighted by molar-refractivity contribution is 0.976. The van der Waals surface area contributed by atoms with Crippen LogP contribution in [0.2, 0.25) is 0 Å². The van der Waals surface area contributed by atoms with Crippen LogP contribution in [0.15, 0.2) is 29.3 Å². The molecule has 0 radical (unpaired) electrons. The molecule has 2 aromatic rings. The second kappa shape index (κ2) is 4.07. The predicted octanol–water partition coefficient (Wildman–Crippen LogP) is 2.39. The number of rotatable bonds is 3. The molecule has 1 heterocycles. The van der Waals surface area contributed by atoms with Gasteiger partial charge >= 0.3 is 0 Å². The number of aromatic nitrogens is 1. The summed E-state index contributed by atoms with van der Waals surface area (Å²) in [7, 11) is 0. The van der Waals surface area contributed by atoms with Crippen LogP contribution in [0.3, 0.4) is 0 Å². The van der Waals surface area contributed by atoms with Gasteiger partial charge in [-0.05, 0) is 43.0 Å². The molecule has 0 amide bonds. The summed E-state index contributed by atoms with van der Waals surface area (Å²) in [5.74, 6) is 0. The molecule has 0 aliphatic heterocycles. The number of fused-ring (bicyclic) bond motifs is 1. The Balaban J connectivity index is 2.52. The van der Waals surface area contributed by atoms with Crippen molar-refractivity contribution in [3.63, 3.8) is 0 Å². The fraction of sp³-hybridized carbons (Fsp3) is 0.273. The highest BCUT2D eigenvalue weighted by atomic mass is 32.2. The van der Waals surface area contributed by atoms with Gasteiger partial charge in [0, 0.05) is 22.0 Å². The van der Waals surface area contributed by atoms with Gasteiger partial charge in [-0.2, -0.15) is 0 Å². The van der Waals surface area contributed by atoms with E-state index in [9.17, 15) is 0 Å². The van der Waals surface area contributed by atoms with Crippen LogP contribution in [0.4, 0.5) is 0 Å². The Morgan fingerprint density at radius 1 is 1.43 bits per heavy atom. The van der Waals surface area contributed by atoms with Crippen molar-refractivity contribution in [2.45, 2.75) is 11.3 Å². The Kier molecular flexibility index (Phi) is 2.79. The van der Waals surface area contributed by atoms with Crippen molar-refractivity contribution >= 4 is 22.7 Å². The fourth-order valence-electron chi connectivity index (χ4n) is 1.65. The molecule has 0 unspecified atom stereocenters. The monoisotopic (exact) mass is 206 g/mol. The van der Waals surface area contributed by atoms with Crippen LogP contribution in [-0.2, 0) is 6.42 Å². The van der Waals surface area contributed by atoms with Crippen LogP contribution < -0.4 is 5.73 Å². The summed E-state index contributed by atoms with van der Waals surface area (Å²) in [4.78, 5) is 4.56. The average molecular weight is 206 g/mol. The van der Waals surface area contributed by atoms with E-state index in [2.05, 4.69) is 35.6 Å². The summed E-state index contributed by atoms with van der Waals surface area (Å²) in [6.45, 7) is 0.705. The molecule has 0 saturated carbocycles. The topological polar surface area (TPSA) is 41.8 Å². The van der Waals surface area contributed by atoms with Crippen LogP contribution in [0.1, 0.15) is 5.56 Å². The highest BCUT2D eigenvalue weighted by Crippen LogP contribution is 2.24. The summed E-state index contributed by atoms with van der Waals surface area (Å²) in [6, 6.07) is 6.48. The van der Waals surface area contributed by atoms with E-state index in [0.29, 0.717) is 6.54 Å². The van der Waals surface area contributed by atoms with Crippen LogP contribution >= 0.6 is 11.8 Å². The molecule has 1 aromatic heterocycles. The highest BCUT2D eigenvalue weighted by Gasteiger charge is 2.03. The number of hydrogen-bond donors (Lipinski definition) is 2. The molecule has 1 aromatic carbocycles. The SMILES string of the molecule is CSc1ccc2[nH]cc(CCN)c2c1. The van der Waals surface area contributed by atoms with Gasteiger partial charge in [-0.15, -0.1) is 11.8 Å². The first-order chi connectivity index (χ1) is 6.85. The Bertz CT molecular complexity index is 434. The third-order valence-corrected chi connectivity index (χ3v) is 3.11. The van der Waals surface area contributed by atoms with Crippen LogP contribution in [-0.4, -0.2) is 17.8 Å². The van der Waals surface area contributed by atoms with Crippen molar-refractivity contribution in [1.82, 2.24) is 4.98 Å². The summed E-state index contributed by atoms with van der Waals surface area (Å²) < 4.78 is 0. The summed E-state index contributed by atoms with van der Waals surface area (Å²) in [6.07, 6.45) is 5.09. The van der Waals surface area contributed by atoms with Gasteiger partial charge in [0.1, 0.15) is 0 Å². The van der Waals surface area contributed by atoms with Gasteiger partial charge in [-0.3, -0.25) is 0 Å². The Labute approximate surface area is 87.9 Å². The number of benzene rings is 1. The van der Waals surface area contributed by atoms with Crippen molar-refractivity contribution in [2.24, 2.45) is 5.73 Å². The zero-order valence-electron chi connectivity index (χ0n) is 8.21. The van der Waals surface area contributed by atoms with Gasteiger partial charge < -0.3 is 10.7 Å². The molecule has 3 heteroatoms. The highest BCUT2D eigenvalue weighted by molar-refractivity contribution is 7.98. The first-order valence-corrected chi connectivity index (χ1v) is 5.91.